The normalized spacial score (nSPS) is 19.0. The second-order valence-corrected chi connectivity index (χ2v) is 16.4. The molecule has 0 saturated heterocycles. The second kappa shape index (κ2) is 16.8. The molecule has 2 heterocycles. The van der Waals surface area contributed by atoms with Gasteiger partial charge in [0.2, 0.25) is 5.69 Å². The zero-order valence-electron chi connectivity index (χ0n) is 32.9. The van der Waals surface area contributed by atoms with Gasteiger partial charge in [0, 0.05) is 59.6 Å². The van der Waals surface area contributed by atoms with Crippen molar-refractivity contribution >= 4 is 34.8 Å². The van der Waals surface area contributed by atoms with Crippen molar-refractivity contribution in [3.8, 4) is 5.75 Å². The van der Waals surface area contributed by atoms with Gasteiger partial charge in [0.15, 0.2) is 5.71 Å². The zero-order chi connectivity index (χ0) is 37.6. The molecule has 0 atom stereocenters. The van der Waals surface area contributed by atoms with Crippen LogP contribution < -0.4 is 15.0 Å². The van der Waals surface area contributed by atoms with Crippen molar-refractivity contribution in [2.45, 2.75) is 90.9 Å². The number of nitrogens with zero attached hydrogens (tertiary/aromatic N) is 2. The number of nitrogens with one attached hydrogen (secondary N) is 1. The highest BCUT2D eigenvalue weighted by Gasteiger charge is 2.45. The average molecular weight is 729 g/mol. The second-order valence-electron chi connectivity index (χ2n) is 15.4. The number of ether oxygens (including phenoxy) is 1. The van der Waals surface area contributed by atoms with Crippen LogP contribution >= 0.6 is 11.8 Å². The van der Waals surface area contributed by atoms with Crippen LogP contribution in [0.2, 0.25) is 0 Å². The number of hydrogen-bond acceptors (Lipinski definition) is 4. The Morgan fingerprint density at radius 3 is 2.43 bits per heavy atom. The highest BCUT2D eigenvalue weighted by molar-refractivity contribution is 7.98. The summed E-state index contributed by atoms with van der Waals surface area (Å²) in [6.45, 7) is 16.1. The third-order valence-electron chi connectivity index (χ3n) is 11.1. The molecule has 3 aliphatic rings. The Bertz CT molecular complexity index is 1960. The summed E-state index contributed by atoms with van der Waals surface area (Å²) in [5.41, 5.74) is 10.5. The molecule has 6 rings (SSSR count). The van der Waals surface area contributed by atoms with E-state index in [1.807, 2.05) is 48.2 Å². The predicted molar refractivity (Wildman–Crippen MR) is 225 cm³/mol. The lowest BCUT2D eigenvalue weighted by Gasteiger charge is -2.26. The summed E-state index contributed by atoms with van der Waals surface area (Å²) in [7, 11) is 0. The molecule has 3 aromatic rings. The van der Waals surface area contributed by atoms with E-state index in [1.165, 1.54) is 51.5 Å². The number of likely N-dealkylation sites (N-methyl/N-ethyl adjacent to an activating group) is 1. The van der Waals surface area contributed by atoms with Gasteiger partial charge in [-0.05, 0) is 124 Å². The fourth-order valence-electron chi connectivity index (χ4n) is 8.21. The minimum Gasteiger partial charge on any atom is -0.457 e. The number of fused-ring (bicyclic) bond motifs is 2. The topological polar surface area (TPSA) is 44.6 Å². The third-order valence-corrected chi connectivity index (χ3v) is 11.8. The smallest absolute Gasteiger partial charge is 0.251 e. The number of unbranched alkanes of at least 4 members (excludes halogenated alkanes) is 1. The lowest BCUT2D eigenvalue weighted by molar-refractivity contribution is -0.438. The summed E-state index contributed by atoms with van der Waals surface area (Å²) in [6, 6.07) is 25.3. The first-order valence-electron chi connectivity index (χ1n) is 19.6. The van der Waals surface area contributed by atoms with E-state index in [4.69, 9.17) is 4.74 Å². The molecular weight excluding hydrogens is 671 g/mol. The van der Waals surface area contributed by atoms with Crippen molar-refractivity contribution in [3.05, 3.63) is 136 Å². The van der Waals surface area contributed by atoms with Crippen LogP contribution in [-0.4, -0.2) is 47.8 Å². The monoisotopic (exact) mass is 728 g/mol. The lowest BCUT2D eigenvalue weighted by Crippen LogP contribution is -2.28. The van der Waals surface area contributed by atoms with E-state index in [2.05, 4.69) is 123 Å². The Labute approximate surface area is 322 Å². The van der Waals surface area contributed by atoms with Crippen LogP contribution in [0.15, 0.2) is 120 Å². The maximum atomic E-state index is 13.1. The van der Waals surface area contributed by atoms with E-state index in [0.717, 1.165) is 68.0 Å². The molecule has 1 aliphatic carbocycles. The molecule has 2 aliphatic heterocycles. The predicted octanol–water partition coefficient (Wildman–Crippen LogP) is 11.0. The summed E-state index contributed by atoms with van der Waals surface area (Å²) in [5, 5.41) is 3.07. The van der Waals surface area contributed by atoms with Gasteiger partial charge in [-0.25, -0.2) is 0 Å². The number of allylic oxidation sites excluding steroid dienone is 7. The van der Waals surface area contributed by atoms with Gasteiger partial charge >= 0.3 is 0 Å². The number of carbonyl (C=O) groups excluding carboxylic acids is 1. The molecule has 5 nitrogen and oxygen atoms in total. The van der Waals surface area contributed by atoms with Crippen LogP contribution in [0, 0.1) is 0 Å². The highest BCUT2D eigenvalue weighted by atomic mass is 32.2. The molecule has 0 bridgehead atoms. The number of benzene rings is 3. The molecule has 278 valence electrons. The Morgan fingerprint density at radius 1 is 0.906 bits per heavy atom. The molecule has 0 radical (unpaired) electrons. The lowest BCUT2D eigenvalue weighted by atomic mass is 9.80. The molecule has 0 fully saturated rings. The standard InChI is InChI=1S/C47H57N3O2S/c1-8-30-48-45(51)36-24-27-41-39(33-36)47(5,6)43(50(41)31-15-16-32-53-7)29-26-35-19-17-18-34(44(35)52-37-20-11-10-12-21-37)25-28-42-46(3,4)38-22-13-14-23-40(38)49(42)9-2/h10-14,20-29,33H,8-9,15-19,30-32H2,1-7H3/p+1. The number of rotatable bonds is 14. The van der Waals surface area contributed by atoms with Crippen LogP contribution in [-0.2, 0) is 10.8 Å². The summed E-state index contributed by atoms with van der Waals surface area (Å²) in [4.78, 5) is 15.5. The number of para-hydroxylation sites is 2. The highest BCUT2D eigenvalue weighted by Crippen LogP contribution is 2.48. The molecule has 3 aromatic carbocycles. The van der Waals surface area contributed by atoms with Crippen molar-refractivity contribution in [2.24, 2.45) is 0 Å². The van der Waals surface area contributed by atoms with Crippen molar-refractivity contribution < 1.29 is 14.1 Å². The molecule has 53 heavy (non-hydrogen) atoms. The van der Waals surface area contributed by atoms with E-state index in [1.54, 1.807) is 0 Å². The number of hydrogen-bond donors (Lipinski definition) is 1. The Kier molecular flexibility index (Phi) is 12.2. The number of anilines is 1. The third kappa shape index (κ3) is 7.99. The van der Waals surface area contributed by atoms with Gasteiger partial charge in [0.25, 0.3) is 5.91 Å². The molecule has 1 N–H and O–H groups in total. The average Bonchev–Trinajstić information content (AvgIpc) is 3.52. The van der Waals surface area contributed by atoms with Crippen LogP contribution in [0.1, 0.15) is 102 Å². The van der Waals surface area contributed by atoms with Gasteiger partial charge in [0.05, 0.1) is 5.41 Å². The first-order chi connectivity index (χ1) is 25.6. The quantitative estimate of drug-likeness (QED) is 0.133. The first kappa shape index (κ1) is 38.4. The van der Waals surface area contributed by atoms with E-state index >= 15 is 0 Å². The number of thioether (sulfide) groups is 1. The maximum absolute atomic E-state index is 13.1. The minimum absolute atomic E-state index is 0.00256. The fraction of sp³-hybridized carbons (Fsp3) is 0.404. The van der Waals surface area contributed by atoms with Gasteiger partial charge in [0.1, 0.15) is 18.1 Å². The van der Waals surface area contributed by atoms with Gasteiger partial charge in [-0.3, -0.25) is 4.79 Å². The van der Waals surface area contributed by atoms with Crippen LogP contribution in [0.5, 0.6) is 5.75 Å². The van der Waals surface area contributed by atoms with Crippen LogP contribution in [0.4, 0.5) is 11.4 Å². The maximum Gasteiger partial charge on any atom is 0.251 e. The number of amides is 1. The van der Waals surface area contributed by atoms with E-state index in [-0.39, 0.29) is 16.7 Å². The summed E-state index contributed by atoms with van der Waals surface area (Å²) >= 11 is 1.91. The van der Waals surface area contributed by atoms with Gasteiger partial charge < -0.3 is 15.0 Å². The van der Waals surface area contributed by atoms with Crippen molar-refractivity contribution in [1.29, 1.82) is 0 Å². The molecule has 0 spiro atoms. The van der Waals surface area contributed by atoms with Crippen LogP contribution in [0.25, 0.3) is 0 Å². The molecule has 0 unspecified atom stereocenters. The van der Waals surface area contributed by atoms with E-state index < -0.39 is 0 Å². The zero-order valence-corrected chi connectivity index (χ0v) is 33.7. The Balaban J connectivity index is 1.41. The van der Waals surface area contributed by atoms with E-state index in [9.17, 15) is 4.79 Å². The van der Waals surface area contributed by atoms with Crippen molar-refractivity contribution in [3.63, 3.8) is 0 Å². The molecular formula is C47H58N3O2S+. The largest absolute Gasteiger partial charge is 0.457 e. The summed E-state index contributed by atoms with van der Waals surface area (Å²) in [5.74, 6) is 2.96. The molecule has 0 aromatic heterocycles. The van der Waals surface area contributed by atoms with E-state index in [0.29, 0.717) is 6.54 Å². The SMILES string of the molecule is CCCNC(=O)c1ccc2c(c1)C(C)(C)C(/C=C/C1=C(Oc3ccccc3)C(=C/C=C3/N(CC)c4ccccc4C3(C)C)/CCC1)=[N+]2CCCCSC. The first-order valence-corrected chi connectivity index (χ1v) is 21.0. The fourth-order valence-corrected chi connectivity index (χ4v) is 8.71. The Hall–Kier alpha value is -4.29. The van der Waals surface area contributed by atoms with Crippen LogP contribution in [0.3, 0.4) is 0 Å². The molecule has 0 saturated carbocycles. The Morgan fingerprint density at radius 2 is 1.68 bits per heavy atom. The number of carbonyl (C=O) groups is 1. The summed E-state index contributed by atoms with van der Waals surface area (Å²) in [6.07, 6.45) is 17.7. The van der Waals surface area contributed by atoms with Gasteiger partial charge in [-0.1, -0.05) is 63.2 Å². The summed E-state index contributed by atoms with van der Waals surface area (Å²) < 4.78 is 9.33. The van der Waals surface area contributed by atoms with Crippen molar-refractivity contribution in [2.75, 3.05) is 36.5 Å². The molecule has 1 amide bonds. The van der Waals surface area contributed by atoms with Gasteiger partial charge in [-0.15, -0.1) is 0 Å². The molecule has 6 heteroatoms. The minimum atomic E-state index is -0.280. The van der Waals surface area contributed by atoms with Crippen molar-refractivity contribution in [1.82, 2.24) is 5.32 Å². The van der Waals surface area contributed by atoms with Gasteiger partial charge in [-0.2, -0.15) is 16.3 Å².